The third-order valence-electron chi connectivity index (χ3n) is 3.60. The predicted molar refractivity (Wildman–Crippen MR) is 67.1 cm³/mol. The van der Waals surface area contributed by atoms with Gasteiger partial charge in [-0.3, -0.25) is 0 Å². The Morgan fingerprint density at radius 3 is 2.53 bits per heavy atom. The van der Waals surface area contributed by atoms with Gasteiger partial charge in [0.05, 0.1) is 0 Å². The summed E-state index contributed by atoms with van der Waals surface area (Å²) in [5.41, 5.74) is 0. The standard InChI is InChI=1S/C13H28N2/c1-10-6-7-11(2)13(8-10)14-12(3)9-15(4)5/h10-14H,6-9H2,1-5H3. The number of nitrogens with one attached hydrogen (secondary N) is 1. The van der Waals surface area contributed by atoms with Crippen LogP contribution < -0.4 is 5.32 Å². The lowest BCUT2D eigenvalue weighted by Gasteiger charge is -2.36. The fourth-order valence-electron chi connectivity index (χ4n) is 2.73. The van der Waals surface area contributed by atoms with Gasteiger partial charge < -0.3 is 10.2 Å². The van der Waals surface area contributed by atoms with Gasteiger partial charge in [-0.1, -0.05) is 20.3 Å². The van der Waals surface area contributed by atoms with Gasteiger partial charge >= 0.3 is 0 Å². The van der Waals surface area contributed by atoms with Crippen molar-refractivity contribution in [2.45, 2.75) is 52.1 Å². The van der Waals surface area contributed by atoms with Gasteiger partial charge in [0, 0.05) is 18.6 Å². The van der Waals surface area contributed by atoms with Crippen molar-refractivity contribution in [2.24, 2.45) is 11.8 Å². The number of hydrogen-bond acceptors (Lipinski definition) is 2. The third kappa shape index (κ3) is 4.52. The molecule has 1 aliphatic rings. The molecule has 4 atom stereocenters. The normalized spacial score (nSPS) is 34.4. The van der Waals surface area contributed by atoms with Gasteiger partial charge in [-0.25, -0.2) is 0 Å². The van der Waals surface area contributed by atoms with Crippen molar-refractivity contribution in [1.29, 1.82) is 0 Å². The lowest BCUT2D eigenvalue weighted by molar-refractivity contribution is 0.204. The zero-order valence-electron chi connectivity index (χ0n) is 11.1. The van der Waals surface area contributed by atoms with Gasteiger partial charge in [0.25, 0.3) is 0 Å². The van der Waals surface area contributed by atoms with Gasteiger partial charge in [-0.2, -0.15) is 0 Å². The van der Waals surface area contributed by atoms with Crippen molar-refractivity contribution in [3.8, 4) is 0 Å². The van der Waals surface area contributed by atoms with E-state index >= 15 is 0 Å². The van der Waals surface area contributed by atoms with E-state index in [1.807, 2.05) is 0 Å². The fourth-order valence-corrected chi connectivity index (χ4v) is 2.73. The molecule has 0 aromatic rings. The first kappa shape index (κ1) is 13.0. The van der Waals surface area contributed by atoms with Gasteiger partial charge in [0.2, 0.25) is 0 Å². The van der Waals surface area contributed by atoms with Gasteiger partial charge in [0.15, 0.2) is 0 Å². The first-order chi connectivity index (χ1) is 6.99. The molecule has 2 nitrogen and oxygen atoms in total. The monoisotopic (exact) mass is 212 g/mol. The van der Waals surface area contributed by atoms with Crippen molar-refractivity contribution in [3.63, 3.8) is 0 Å². The minimum absolute atomic E-state index is 0.609. The van der Waals surface area contributed by atoms with Crippen LogP contribution in [0.3, 0.4) is 0 Å². The lowest BCUT2D eigenvalue weighted by atomic mass is 9.80. The third-order valence-corrected chi connectivity index (χ3v) is 3.60. The Labute approximate surface area is 95.4 Å². The van der Waals surface area contributed by atoms with Crippen LogP contribution in [-0.2, 0) is 0 Å². The summed E-state index contributed by atoms with van der Waals surface area (Å²) >= 11 is 0. The van der Waals surface area contributed by atoms with Crippen molar-refractivity contribution in [2.75, 3.05) is 20.6 Å². The number of nitrogens with zero attached hydrogens (tertiary/aromatic N) is 1. The highest BCUT2D eigenvalue weighted by molar-refractivity contribution is 4.83. The van der Waals surface area contributed by atoms with Crippen LogP contribution in [0.1, 0.15) is 40.0 Å². The quantitative estimate of drug-likeness (QED) is 0.769. The summed E-state index contributed by atoms with van der Waals surface area (Å²) in [5.74, 6) is 1.76. The maximum atomic E-state index is 3.79. The number of likely N-dealkylation sites (N-methyl/N-ethyl adjacent to an activating group) is 1. The van der Waals surface area contributed by atoms with E-state index in [-0.39, 0.29) is 0 Å². The zero-order valence-corrected chi connectivity index (χ0v) is 11.1. The second kappa shape index (κ2) is 5.86. The molecule has 0 bridgehead atoms. The van der Waals surface area contributed by atoms with E-state index in [1.54, 1.807) is 0 Å². The maximum Gasteiger partial charge on any atom is 0.0169 e. The molecule has 15 heavy (non-hydrogen) atoms. The Hall–Kier alpha value is -0.0800. The van der Waals surface area contributed by atoms with Gasteiger partial charge in [0.1, 0.15) is 0 Å². The summed E-state index contributed by atoms with van der Waals surface area (Å²) in [7, 11) is 4.29. The Morgan fingerprint density at radius 2 is 1.93 bits per heavy atom. The fraction of sp³-hybridized carbons (Fsp3) is 1.00. The molecule has 1 N–H and O–H groups in total. The Morgan fingerprint density at radius 1 is 1.27 bits per heavy atom. The van der Waals surface area contributed by atoms with E-state index in [4.69, 9.17) is 0 Å². The summed E-state index contributed by atoms with van der Waals surface area (Å²) < 4.78 is 0. The van der Waals surface area contributed by atoms with E-state index in [9.17, 15) is 0 Å². The molecule has 1 rings (SSSR count). The van der Waals surface area contributed by atoms with Crippen LogP contribution >= 0.6 is 0 Å². The Balaban J connectivity index is 2.34. The largest absolute Gasteiger partial charge is 0.310 e. The van der Waals surface area contributed by atoms with Crippen molar-refractivity contribution < 1.29 is 0 Å². The minimum atomic E-state index is 0.609. The summed E-state index contributed by atoms with van der Waals surface area (Å²) in [4.78, 5) is 2.26. The lowest BCUT2D eigenvalue weighted by Crippen LogP contribution is -2.47. The Bertz CT molecular complexity index is 179. The molecule has 0 amide bonds. The molecule has 1 aliphatic carbocycles. The topological polar surface area (TPSA) is 15.3 Å². The average Bonchev–Trinajstić information content (AvgIpc) is 2.10. The second-order valence-electron chi connectivity index (χ2n) is 5.83. The molecule has 4 unspecified atom stereocenters. The molecule has 0 spiro atoms. The molecule has 1 fully saturated rings. The average molecular weight is 212 g/mol. The minimum Gasteiger partial charge on any atom is -0.310 e. The first-order valence-corrected chi connectivity index (χ1v) is 6.39. The van der Waals surface area contributed by atoms with Crippen molar-refractivity contribution >= 4 is 0 Å². The molecular formula is C13H28N2. The highest BCUT2D eigenvalue weighted by atomic mass is 15.1. The molecule has 0 heterocycles. The highest BCUT2D eigenvalue weighted by Gasteiger charge is 2.26. The molecule has 0 aromatic carbocycles. The summed E-state index contributed by atoms with van der Waals surface area (Å²) in [6.07, 6.45) is 4.17. The van der Waals surface area contributed by atoms with Gasteiger partial charge in [-0.05, 0) is 45.7 Å². The first-order valence-electron chi connectivity index (χ1n) is 6.39. The van der Waals surface area contributed by atoms with E-state index in [1.165, 1.54) is 19.3 Å². The molecule has 0 saturated heterocycles. The zero-order chi connectivity index (χ0) is 11.4. The number of hydrogen-bond donors (Lipinski definition) is 1. The molecule has 90 valence electrons. The van der Waals surface area contributed by atoms with E-state index in [2.05, 4.69) is 45.1 Å². The van der Waals surface area contributed by atoms with Crippen LogP contribution in [-0.4, -0.2) is 37.6 Å². The van der Waals surface area contributed by atoms with Crippen LogP contribution in [0.15, 0.2) is 0 Å². The van der Waals surface area contributed by atoms with E-state index < -0.39 is 0 Å². The summed E-state index contributed by atoms with van der Waals surface area (Å²) in [6.45, 7) is 8.21. The molecule has 0 aliphatic heterocycles. The molecule has 0 radical (unpaired) electrons. The highest BCUT2D eigenvalue weighted by Crippen LogP contribution is 2.28. The summed E-state index contributed by atoms with van der Waals surface area (Å²) in [6, 6.07) is 1.35. The maximum absolute atomic E-state index is 3.79. The van der Waals surface area contributed by atoms with Crippen LogP contribution in [0.2, 0.25) is 0 Å². The van der Waals surface area contributed by atoms with Crippen molar-refractivity contribution in [3.05, 3.63) is 0 Å². The second-order valence-corrected chi connectivity index (χ2v) is 5.83. The SMILES string of the molecule is CC1CCC(C)C(NC(C)CN(C)C)C1. The van der Waals surface area contributed by atoms with E-state index in [0.717, 1.165) is 24.4 Å². The van der Waals surface area contributed by atoms with Crippen LogP contribution in [0.4, 0.5) is 0 Å². The predicted octanol–water partition coefficient (Wildman–Crippen LogP) is 2.35. The summed E-state index contributed by atoms with van der Waals surface area (Å²) in [5, 5.41) is 3.79. The molecule has 2 heteroatoms. The molecule has 1 saturated carbocycles. The van der Waals surface area contributed by atoms with Crippen LogP contribution in [0.5, 0.6) is 0 Å². The Kier molecular flexibility index (Phi) is 5.07. The van der Waals surface area contributed by atoms with Crippen LogP contribution in [0.25, 0.3) is 0 Å². The van der Waals surface area contributed by atoms with E-state index in [0.29, 0.717) is 6.04 Å². The smallest absolute Gasteiger partial charge is 0.0169 e. The molecule has 0 aromatic heterocycles. The van der Waals surface area contributed by atoms with Gasteiger partial charge in [-0.15, -0.1) is 0 Å². The molecular weight excluding hydrogens is 184 g/mol. The van der Waals surface area contributed by atoms with Crippen LogP contribution in [0, 0.1) is 11.8 Å². The number of rotatable bonds is 4. The van der Waals surface area contributed by atoms with Crippen molar-refractivity contribution in [1.82, 2.24) is 10.2 Å².